The highest BCUT2D eigenvalue weighted by atomic mass is 35.5. The van der Waals surface area contributed by atoms with Gasteiger partial charge in [-0.2, -0.15) is 5.10 Å². The highest BCUT2D eigenvalue weighted by molar-refractivity contribution is 7.99. The Labute approximate surface area is 195 Å². The molecule has 0 bridgehead atoms. The molecule has 1 aliphatic heterocycles. The molecule has 4 rings (SSSR count). The van der Waals surface area contributed by atoms with Gasteiger partial charge in [-0.25, -0.2) is 14.6 Å². The van der Waals surface area contributed by atoms with Crippen molar-refractivity contribution in [2.75, 3.05) is 24.5 Å². The Morgan fingerprint density at radius 1 is 1.23 bits per heavy atom. The summed E-state index contributed by atoms with van der Waals surface area (Å²) in [7, 11) is 0. The molecule has 1 amide bonds. The fourth-order valence-electron chi connectivity index (χ4n) is 3.56. The Morgan fingerprint density at radius 3 is 2.74 bits per heavy atom. The summed E-state index contributed by atoms with van der Waals surface area (Å²) in [5.41, 5.74) is 1.14. The molecule has 7 nitrogen and oxygen atoms in total. The minimum absolute atomic E-state index is 0.271. The van der Waals surface area contributed by atoms with Crippen LogP contribution in [-0.2, 0) is 6.54 Å². The predicted molar refractivity (Wildman–Crippen MR) is 127 cm³/mol. The van der Waals surface area contributed by atoms with Crippen LogP contribution < -0.4 is 10.2 Å². The molecule has 0 saturated carbocycles. The first-order valence-corrected chi connectivity index (χ1v) is 11.9. The van der Waals surface area contributed by atoms with Crippen LogP contribution in [0.2, 0.25) is 10.0 Å². The number of nitrogens with one attached hydrogen (secondary N) is 1. The number of hydrogen-bond acceptors (Lipinski definition) is 6. The lowest BCUT2D eigenvalue weighted by atomic mass is 10.2. The zero-order valence-corrected chi connectivity index (χ0v) is 19.8. The second kappa shape index (κ2) is 9.63. The van der Waals surface area contributed by atoms with E-state index < -0.39 is 0 Å². The molecule has 0 radical (unpaired) electrons. The minimum Gasteiger partial charge on any atom is -0.356 e. The van der Waals surface area contributed by atoms with Crippen LogP contribution >= 0.6 is 35.0 Å². The zero-order valence-electron chi connectivity index (χ0n) is 17.4. The smallest absolute Gasteiger partial charge is 0.252 e. The van der Waals surface area contributed by atoms with Crippen molar-refractivity contribution in [3.63, 3.8) is 0 Å². The number of amides is 1. The van der Waals surface area contributed by atoms with Gasteiger partial charge in [-0.3, -0.25) is 4.79 Å². The van der Waals surface area contributed by atoms with Crippen LogP contribution in [0.3, 0.4) is 0 Å². The molecule has 1 saturated heterocycles. The Hall–Kier alpha value is -2.03. The molecular formula is C21H24Cl2N6OS. The van der Waals surface area contributed by atoms with E-state index in [2.05, 4.69) is 29.2 Å². The quantitative estimate of drug-likeness (QED) is 0.392. The Balaban J connectivity index is 1.54. The third-order valence-corrected chi connectivity index (χ3v) is 6.41. The first kappa shape index (κ1) is 22.2. The van der Waals surface area contributed by atoms with Gasteiger partial charge in [0, 0.05) is 29.9 Å². The van der Waals surface area contributed by atoms with Crippen molar-refractivity contribution in [3.05, 3.63) is 40.0 Å². The molecular weight excluding hydrogens is 455 g/mol. The maximum absolute atomic E-state index is 12.5. The molecule has 0 spiro atoms. The summed E-state index contributed by atoms with van der Waals surface area (Å²) in [4.78, 5) is 24.4. The number of thioether (sulfide) groups is 1. The summed E-state index contributed by atoms with van der Waals surface area (Å²) in [5, 5.41) is 10.3. The third kappa shape index (κ3) is 5.07. The largest absolute Gasteiger partial charge is 0.356 e. The van der Waals surface area contributed by atoms with E-state index in [1.165, 1.54) is 12.8 Å². The molecule has 31 heavy (non-hydrogen) atoms. The van der Waals surface area contributed by atoms with Crippen LogP contribution in [0.1, 0.15) is 37.0 Å². The summed E-state index contributed by atoms with van der Waals surface area (Å²) < 4.78 is 1.82. The van der Waals surface area contributed by atoms with Gasteiger partial charge in [-0.1, -0.05) is 48.8 Å². The molecule has 10 heteroatoms. The van der Waals surface area contributed by atoms with Crippen LogP contribution in [0.5, 0.6) is 0 Å². The maximum Gasteiger partial charge on any atom is 0.252 e. The molecule has 2 aromatic heterocycles. The van der Waals surface area contributed by atoms with Crippen molar-refractivity contribution in [1.82, 2.24) is 25.1 Å². The Morgan fingerprint density at radius 2 is 2.00 bits per heavy atom. The van der Waals surface area contributed by atoms with Gasteiger partial charge in [0.1, 0.15) is 5.82 Å². The van der Waals surface area contributed by atoms with Gasteiger partial charge in [0.2, 0.25) is 0 Å². The molecule has 0 atom stereocenters. The van der Waals surface area contributed by atoms with Crippen molar-refractivity contribution in [3.8, 4) is 0 Å². The fourth-order valence-corrected chi connectivity index (χ4v) is 4.64. The summed E-state index contributed by atoms with van der Waals surface area (Å²) in [6.45, 7) is 7.12. The van der Waals surface area contributed by atoms with Crippen molar-refractivity contribution >= 4 is 57.7 Å². The molecule has 1 aromatic carbocycles. The highest BCUT2D eigenvalue weighted by Gasteiger charge is 2.21. The summed E-state index contributed by atoms with van der Waals surface area (Å²) in [6, 6.07) is 4.83. The average Bonchev–Trinajstić information content (AvgIpc) is 3.39. The SMILES string of the molecule is CC(C)Sc1nc(N2CCCC2)c2cnn(CCNC(=O)c3cc(Cl)ccc3Cl)c2n1. The van der Waals surface area contributed by atoms with Gasteiger partial charge in [0.05, 0.1) is 28.7 Å². The number of carbonyl (C=O) groups is 1. The van der Waals surface area contributed by atoms with E-state index in [0.29, 0.717) is 33.9 Å². The number of benzene rings is 1. The second-order valence-corrected chi connectivity index (χ2v) is 10.1. The van der Waals surface area contributed by atoms with Crippen LogP contribution in [0.25, 0.3) is 11.0 Å². The van der Waals surface area contributed by atoms with Gasteiger partial charge in [-0.05, 0) is 31.0 Å². The Bertz CT molecular complexity index is 1100. The number of halogens is 2. The topological polar surface area (TPSA) is 75.9 Å². The van der Waals surface area contributed by atoms with Crippen molar-refractivity contribution in [2.24, 2.45) is 0 Å². The van der Waals surface area contributed by atoms with E-state index in [-0.39, 0.29) is 5.91 Å². The fraction of sp³-hybridized carbons (Fsp3) is 0.429. The van der Waals surface area contributed by atoms with E-state index >= 15 is 0 Å². The number of rotatable bonds is 7. The van der Waals surface area contributed by atoms with Gasteiger partial charge < -0.3 is 10.2 Å². The van der Waals surface area contributed by atoms with E-state index in [0.717, 1.165) is 35.1 Å². The summed E-state index contributed by atoms with van der Waals surface area (Å²) in [5.74, 6) is 0.680. The number of anilines is 1. The van der Waals surface area contributed by atoms with Crippen molar-refractivity contribution in [2.45, 2.75) is 43.6 Å². The van der Waals surface area contributed by atoms with E-state index in [1.807, 2.05) is 10.9 Å². The summed E-state index contributed by atoms with van der Waals surface area (Å²) >= 11 is 13.8. The Kier molecular flexibility index (Phi) is 6.89. The second-order valence-electron chi connectivity index (χ2n) is 7.68. The van der Waals surface area contributed by atoms with Crippen LogP contribution in [0.4, 0.5) is 5.82 Å². The van der Waals surface area contributed by atoms with E-state index in [4.69, 9.17) is 33.2 Å². The van der Waals surface area contributed by atoms with Gasteiger partial charge in [0.25, 0.3) is 5.91 Å². The number of carbonyl (C=O) groups excluding carboxylic acids is 1. The van der Waals surface area contributed by atoms with Gasteiger partial charge in [-0.15, -0.1) is 0 Å². The average molecular weight is 479 g/mol. The lowest BCUT2D eigenvalue weighted by Crippen LogP contribution is -2.28. The van der Waals surface area contributed by atoms with E-state index in [1.54, 1.807) is 30.0 Å². The van der Waals surface area contributed by atoms with E-state index in [9.17, 15) is 4.79 Å². The van der Waals surface area contributed by atoms with Crippen LogP contribution in [0, 0.1) is 0 Å². The lowest BCUT2D eigenvalue weighted by molar-refractivity contribution is 0.0952. The molecule has 1 fully saturated rings. The molecule has 164 valence electrons. The molecule has 1 N–H and O–H groups in total. The standard InChI is InChI=1S/C21H24Cl2N6OS/c1-13(2)31-21-26-18(28-8-3-4-9-28)16-12-25-29(19(16)27-21)10-7-24-20(30)15-11-14(22)5-6-17(15)23/h5-6,11-13H,3-4,7-10H2,1-2H3,(H,24,30). The number of nitrogens with zero attached hydrogens (tertiary/aromatic N) is 5. The molecule has 0 aliphatic carbocycles. The molecule has 0 unspecified atom stereocenters. The normalized spacial score (nSPS) is 14.0. The van der Waals surface area contributed by atoms with Gasteiger partial charge >= 0.3 is 0 Å². The minimum atomic E-state index is -0.271. The first-order chi connectivity index (χ1) is 14.9. The molecule has 1 aliphatic rings. The monoisotopic (exact) mass is 478 g/mol. The molecule has 3 heterocycles. The number of hydrogen-bond donors (Lipinski definition) is 1. The maximum atomic E-state index is 12.5. The van der Waals surface area contributed by atoms with Crippen LogP contribution in [-0.4, -0.2) is 50.5 Å². The first-order valence-electron chi connectivity index (χ1n) is 10.3. The third-order valence-electron chi connectivity index (χ3n) is 4.98. The number of fused-ring (bicyclic) bond motifs is 1. The predicted octanol–water partition coefficient (Wildman–Crippen LogP) is 4.66. The number of aromatic nitrogens is 4. The van der Waals surface area contributed by atoms with Crippen LogP contribution in [0.15, 0.2) is 29.6 Å². The summed E-state index contributed by atoms with van der Waals surface area (Å²) in [6.07, 6.45) is 4.16. The van der Waals surface area contributed by atoms with Crippen molar-refractivity contribution in [1.29, 1.82) is 0 Å². The molecule has 3 aromatic rings. The highest BCUT2D eigenvalue weighted by Crippen LogP contribution is 2.30. The zero-order chi connectivity index (χ0) is 22.0. The van der Waals surface area contributed by atoms with Crippen molar-refractivity contribution < 1.29 is 4.79 Å². The van der Waals surface area contributed by atoms with Gasteiger partial charge in [0.15, 0.2) is 10.8 Å². The lowest BCUT2D eigenvalue weighted by Gasteiger charge is -2.18.